The molecule has 1 amide bonds. The average molecular weight is 447 g/mol. The molecule has 0 aliphatic heterocycles. The van der Waals surface area contributed by atoms with E-state index < -0.39 is 0 Å². The number of thioether (sulfide) groups is 1. The fraction of sp³-hybridized carbons (Fsp3) is 0.609. The highest BCUT2D eigenvalue weighted by Gasteiger charge is 2.28. The van der Waals surface area contributed by atoms with E-state index in [-0.39, 0.29) is 16.7 Å². The lowest BCUT2D eigenvalue weighted by Crippen LogP contribution is -2.44. The van der Waals surface area contributed by atoms with Crippen molar-refractivity contribution < 1.29 is 14.3 Å². The Bertz CT molecular complexity index is 901. The second-order valence-corrected chi connectivity index (χ2v) is 10.3. The first-order valence-corrected chi connectivity index (χ1v) is 11.8. The Labute approximate surface area is 189 Å². The third-order valence-corrected chi connectivity index (χ3v) is 6.45. The number of ether oxygens (including phenoxy) is 2. The Morgan fingerprint density at radius 3 is 2.42 bits per heavy atom. The molecule has 1 heterocycles. The van der Waals surface area contributed by atoms with Crippen LogP contribution in [0.25, 0.3) is 11.4 Å². The third kappa shape index (κ3) is 5.73. The molecule has 1 saturated carbocycles. The lowest BCUT2D eigenvalue weighted by Gasteiger charge is -2.27. The van der Waals surface area contributed by atoms with E-state index in [1.54, 1.807) is 14.2 Å². The SMILES string of the molecule is COc1ccc(-c2nnc(SC(C)C(=O)NC(C)(C)C)n2C2CCCCC2)cc1OC. The molecule has 0 bridgehead atoms. The normalized spacial score (nSPS) is 16.1. The minimum atomic E-state index is -0.274. The van der Waals surface area contributed by atoms with E-state index in [1.807, 2.05) is 45.9 Å². The molecule has 1 aliphatic rings. The average Bonchev–Trinajstić information content (AvgIpc) is 3.16. The molecule has 1 fully saturated rings. The van der Waals surface area contributed by atoms with Gasteiger partial charge in [-0.15, -0.1) is 10.2 Å². The number of amides is 1. The lowest BCUT2D eigenvalue weighted by molar-refractivity contribution is -0.121. The van der Waals surface area contributed by atoms with E-state index in [0.29, 0.717) is 17.5 Å². The van der Waals surface area contributed by atoms with Crippen molar-refractivity contribution in [1.82, 2.24) is 20.1 Å². The minimum Gasteiger partial charge on any atom is -0.493 e. The molecule has 0 spiro atoms. The van der Waals surface area contributed by atoms with Crippen molar-refractivity contribution in [1.29, 1.82) is 0 Å². The van der Waals surface area contributed by atoms with Crippen LogP contribution in [0.15, 0.2) is 23.4 Å². The Morgan fingerprint density at radius 1 is 1.13 bits per heavy atom. The summed E-state index contributed by atoms with van der Waals surface area (Å²) in [5.41, 5.74) is 0.655. The highest BCUT2D eigenvalue weighted by molar-refractivity contribution is 8.00. The summed E-state index contributed by atoms with van der Waals surface area (Å²) in [7, 11) is 3.26. The van der Waals surface area contributed by atoms with E-state index in [2.05, 4.69) is 20.1 Å². The standard InChI is InChI=1S/C23H34N4O3S/c1-15(21(28)24-23(2,3)4)31-22-26-25-20(27(22)17-10-8-7-9-11-17)16-12-13-18(29-5)19(14-16)30-6/h12-15,17H,7-11H2,1-6H3,(H,24,28). The number of nitrogens with zero attached hydrogens (tertiary/aromatic N) is 3. The van der Waals surface area contributed by atoms with Gasteiger partial charge >= 0.3 is 0 Å². The van der Waals surface area contributed by atoms with Crippen molar-refractivity contribution >= 4 is 17.7 Å². The molecule has 8 heteroatoms. The van der Waals surface area contributed by atoms with Crippen LogP contribution in [0.1, 0.15) is 65.8 Å². The van der Waals surface area contributed by atoms with Crippen molar-refractivity contribution in [3.63, 3.8) is 0 Å². The topological polar surface area (TPSA) is 78.3 Å². The van der Waals surface area contributed by atoms with Gasteiger partial charge < -0.3 is 14.8 Å². The summed E-state index contributed by atoms with van der Waals surface area (Å²) in [6, 6.07) is 6.13. The van der Waals surface area contributed by atoms with Crippen LogP contribution < -0.4 is 14.8 Å². The van der Waals surface area contributed by atoms with Crippen LogP contribution >= 0.6 is 11.8 Å². The Hall–Kier alpha value is -2.22. The number of hydrogen-bond donors (Lipinski definition) is 1. The molecular formula is C23H34N4O3S. The molecule has 0 saturated heterocycles. The van der Waals surface area contributed by atoms with Gasteiger partial charge in [-0.3, -0.25) is 9.36 Å². The maximum Gasteiger partial charge on any atom is 0.233 e. The van der Waals surface area contributed by atoms with Crippen LogP contribution in [0, 0.1) is 0 Å². The summed E-state index contributed by atoms with van der Waals surface area (Å²) in [6.07, 6.45) is 5.83. The molecule has 1 N–H and O–H groups in total. The second kappa shape index (κ2) is 9.94. The maximum absolute atomic E-state index is 12.7. The number of rotatable bonds is 7. The molecule has 31 heavy (non-hydrogen) atoms. The van der Waals surface area contributed by atoms with Gasteiger partial charge in [0.15, 0.2) is 22.5 Å². The second-order valence-electron chi connectivity index (χ2n) is 9.04. The van der Waals surface area contributed by atoms with Crippen molar-refractivity contribution in [2.24, 2.45) is 0 Å². The van der Waals surface area contributed by atoms with Gasteiger partial charge in [0.05, 0.1) is 19.5 Å². The van der Waals surface area contributed by atoms with Gasteiger partial charge in [0.2, 0.25) is 5.91 Å². The summed E-state index contributed by atoms with van der Waals surface area (Å²) in [4.78, 5) is 12.7. The molecule has 1 unspecified atom stereocenters. The van der Waals surface area contributed by atoms with Crippen molar-refractivity contribution in [2.45, 2.75) is 81.8 Å². The summed E-state index contributed by atoms with van der Waals surface area (Å²) < 4.78 is 13.1. The quantitative estimate of drug-likeness (QED) is 0.612. The first-order chi connectivity index (χ1) is 14.7. The van der Waals surface area contributed by atoms with Crippen molar-refractivity contribution in [3.8, 4) is 22.9 Å². The first-order valence-electron chi connectivity index (χ1n) is 10.9. The molecule has 1 atom stereocenters. The van der Waals surface area contributed by atoms with Gasteiger partial charge in [0.1, 0.15) is 0 Å². The molecule has 1 aromatic heterocycles. The van der Waals surface area contributed by atoms with Crippen LogP contribution in [-0.4, -0.2) is 45.7 Å². The molecular weight excluding hydrogens is 412 g/mol. The van der Waals surface area contributed by atoms with Crippen LogP contribution in [-0.2, 0) is 4.79 Å². The van der Waals surface area contributed by atoms with Gasteiger partial charge in [-0.25, -0.2) is 0 Å². The zero-order chi connectivity index (χ0) is 22.6. The third-order valence-electron chi connectivity index (χ3n) is 5.40. The molecule has 7 nitrogen and oxygen atoms in total. The Kier molecular flexibility index (Phi) is 7.51. The van der Waals surface area contributed by atoms with E-state index in [1.165, 1.54) is 31.0 Å². The molecule has 170 valence electrons. The molecule has 1 aliphatic carbocycles. The summed E-state index contributed by atoms with van der Waals surface area (Å²) in [5, 5.41) is 12.6. The number of methoxy groups -OCH3 is 2. The molecule has 0 radical (unpaired) electrons. The van der Waals surface area contributed by atoms with Crippen LogP contribution in [0.3, 0.4) is 0 Å². The summed E-state index contributed by atoms with van der Waals surface area (Å²) >= 11 is 1.47. The fourth-order valence-electron chi connectivity index (χ4n) is 3.88. The lowest BCUT2D eigenvalue weighted by atomic mass is 9.95. The monoisotopic (exact) mass is 446 g/mol. The number of benzene rings is 1. The van der Waals surface area contributed by atoms with Gasteiger partial charge in [0.25, 0.3) is 0 Å². The Balaban J connectivity index is 1.96. The van der Waals surface area contributed by atoms with Gasteiger partial charge in [0, 0.05) is 17.1 Å². The van der Waals surface area contributed by atoms with Crippen LogP contribution in [0.5, 0.6) is 11.5 Å². The highest BCUT2D eigenvalue weighted by Crippen LogP contribution is 2.38. The predicted molar refractivity (Wildman–Crippen MR) is 124 cm³/mol. The predicted octanol–water partition coefficient (Wildman–Crippen LogP) is 4.86. The Morgan fingerprint density at radius 2 is 1.81 bits per heavy atom. The van der Waals surface area contributed by atoms with E-state index in [4.69, 9.17) is 9.47 Å². The van der Waals surface area contributed by atoms with Crippen molar-refractivity contribution in [2.75, 3.05) is 14.2 Å². The smallest absolute Gasteiger partial charge is 0.233 e. The van der Waals surface area contributed by atoms with E-state index in [9.17, 15) is 4.79 Å². The number of nitrogens with one attached hydrogen (secondary N) is 1. The number of carbonyl (C=O) groups excluding carboxylic acids is 1. The first kappa shape index (κ1) is 23.4. The van der Waals surface area contributed by atoms with Gasteiger partial charge in [-0.1, -0.05) is 31.0 Å². The van der Waals surface area contributed by atoms with Crippen LogP contribution in [0.2, 0.25) is 0 Å². The van der Waals surface area contributed by atoms with Gasteiger partial charge in [-0.05, 0) is 58.7 Å². The van der Waals surface area contributed by atoms with Gasteiger partial charge in [-0.2, -0.15) is 0 Å². The zero-order valence-electron chi connectivity index (χ0n) is 19.4. The number of aromatic nitrogens is 3. The number of carbonyl (C=O) groups is 1. The van der Waals surface area contributed by atoms with E-state index in [0.717, 1.165) is 29.4 Å². The van der Waals surface area contributed by atoms with Crippen LogP contribution in [0.4, 0.5) is 0 Å². The highest BCUT2D eigenvalue weighted by atomic mass is 32.2. The fourth-order valence-corrected chi connectivity index (χ4v) is 4.80. The summed E-state index contributed by atoms with van der Waals surface area (Å²) in [6.45, 7) is 7.88. The minimum absolute atomic E-state index is 0.00311. The largest absolute Gasteiger partial charge is 0.493 e. The molecule has 2 aromatic rings. The van der Waals surface area contributed by atoms with Crippen molar-refractivity contribution in [3.05, 3.63) is 18.2 Å². The molecule has 3 rings (SSSR count). The molecule has 1 aromatic carbocycles. The van der Waals surface area contributed by atoms with E-state index >= 15 is 0 Å². The zero-order valence-corrected chi connectivity index (χ0v) is 20.2. The summed E-state index contributed by atoms with van der Waals surface area (Å²) in [5.74, 6) is 2.14. The maximum atomic E-state index is 12.7. The number of hydrogen-bond acceptors (Lipinski definition) is 6.